The van der Waals surface area contributed by atoms with Gasteiger partial charge in [-0.3, -0.25) is 14.4 Å². The highest BCUT2D eigenvalue weighted by molar-refractivity contribution is 5.93. The van der Waals surface area contributed by atoms with Crippen LogP contribution in [0.3, 0.4) is 0 Å². The maximum atomic E-state index is 13.4. The lowest BCUT2D eigenvalue weighted by Crippen LogP contribution is -2.60. The van der Waals surface area contributed by atoms with E-state index in [4.69, 9.17) is 0 Å². The van der Waals surface area contributed by atoms with Gasteiger partial charge in [0.25, 0.3) is 5.91 Å². The van der Waals surface area contributed by atoms with Crippen LogP contribution in [0.2, 0.25) is 0 Å². The van der Waals surface area contributed by atoms with E-state index in [-0.39, 0.29) is 23.7 Å². The minimum absolute atomic E-state index is 0.0754. The molecule has 2 aromatic rings. The van der Waals surface area contributed by atoms with E-state index in [1.165, 1.54) is 12.1 Å². The highest BCUT2D eigenvalue weighted by Gasteiger charge is 2.54. The third-order valence-electron chi connectivity index (χ3n) is 6.77. The third-order valence-corrected chi connectivity index (χ3v) is 6.77. The van der Waals surface area contributed by atoms with Gasteiger partial charge in [-0.15, -0.1) is 0 Å². The van der Waals surface area contributed by atoms with Crippen LogP contribution >= 0.6 is 0 Å². The second-order valence-corrected chi connectivity index (χ2v) is 8.26. The summed E-state index contributed by atoms with van der Waals surface area (Å²) in [6.45, 7) is 4.82. The molecule has 142 valence electrons. The average Bonchev–Trinajstić information content (AvgIpc) is 3.24. The van der Waals surface area contributed by atoms with E-state index in [1.54, 1.807) is 4.68 Å². The Bertz CT molecular complexity index is 869. The normalized spacial score (nSPS) is 32.0. The number of carbonyl (C=O) groups is 1. The van der Waals surface area contributed by atoms with Gasteiger partial charge in [-0.1, -0.05) is 12.1 Å². The number of likely N-dealkylation sites (tertiary alicyclic amines) is 1. The molecule has 1 aromatic heterocycles. The number of hydrogen-bond acceptors (Lipinski definition) is 3. The Hall–Kier alpha value is -2.21. The van der Waals surface area contributed by atoms with Gasteiger partial charge in [-0.25, -0.2) is 4.39 Å². The first-order chi connectivity index (χ1) is 13.0. The first-order valence-corrected chi connectivity index (χ1v) is 9.84. The Morgan fingerprint density at radius 3 is 2.48 bits per heavy atom. The van der Waals surface area contributed by atoms with Crippen LogP contribution in [0.5, 0.6) is 0 Å². The summed E-state index contributed by atoms with van der Waals surface area (Å²) in [7, 11) is 1.84. The number of halogens is 1. The summed E-state index contributed by atoms with van der Waals surface area (Å²) in [4.78, 5) is 18.1. The van der Waals surface area contributed by atoms with Crippen molar-refractivity contribution in [3.05, 3.63) is 53.1 Å². The van der Waals surface area contributed by atoms with Crippen molar-refractivity contribution in [2.45, 2.75) is 37.8 Å². The van der Waals surface area contributed by atoms with E-state index in [9.17, 15) is 9.18 Å². The SMILES string of the molecule is Cc1cc(C(=O)N2C[C@H](c3ccc(F)cc3)[C@H]3[C@@H]2C2CCN3CC2)n(C)n1. The predicted molar refractivity (Wildman–Crippen MR) is 100.0 cm³/mol. The lowest BCUT2D eigenvalue weighted by Gasteiger charge is -2.51. The summed E-state index contributed by atoms with van der Waals surface area (Å²) in [5, 5.41) is 4.36. The van der Waals surface area contributed by atoms with E-state index in [1.807, 2.05) is 32.2 Å². The molecular weight excluding hydrogens is 343 g/mol. The molecule has 4 aliphatic heterocycles. The number of hydrogen-bond donors (Lipinski definition) is 0. The maximum Gasteiger partial charge on any atom is 0.272 e. The van der Waals surface area contributed by atoms with E-state index >= 15 is 0 Å². The Labute approximate surface area is 158 Å². The van der Waals surface area contributed by atoms with E-state index in [0.717, 1.165) is 37.2 Å². The maximum absolute atomic E-state index is 13.4. The summed E-state index contributed by atoms with van der Waals surface area (Å²) in [6, 6.07) is 9.31. The lowest BCUT2D eigenvalue weighted by molar-refractivity contribution is -0.00372. The van der Waals surface area contributed by atoms with Crippen LogP contribution in [0.25, 0.3) is 0 Å². The topological polar surface area (TPSA) is 41.4 Å². The molecule has 2 bridgehead atoms. The molecule has 1 amide bonds. The second kappa shape index (κ2) is 6.16. The molecule has 0 aliphatic carbocycles. The summed E-state index contributed by atoms with van der Waals surface area (Å²) < 4.78 is 15.1. The van der Waals surface area contributed by atoms with Crippen molar-refractivity contribution in [3.63, 3.8) is 0 Å². The molecule has 27 heavy (non-hydrogen) atoms. The van der Waals surface area contributed by atoms with Gasteiger partial charge in [0.1, 0.15) is 11.5 Å². The van der Waals surface area contributed by atoms with Crippen LogP contribution in [0.1, 0.15) is 40.5 Å². The first kappa shape index (κ1) is 16.9. The van der Waals surface area contributed by atoms with Crippen LogP contribution in [-0.4, -0.2) is 57.2 Å². The van der Waals surface area contributed by atoms with E-state index in [0.29, 0.717) is 24.2 Å². The predicted octanol–water partition coefficient (Wildman–Crippen LogP) is 2.57. The number of piperidine rings is 3. The zero-order chi connectivity index (χ0) is 18.7. The molecule has 0 radical (unpaired) electrons. The smallest absolute Gasteiger partial charge is 0.272 e. The van der Waals surface area contributed by atoms with Gasteiger partial charge in [0.2, 0.25) is 0 Å². The van der Waals surface area contributed by atoms with Crippen molar-refractivity contribution in [2.24, 2.45) is 13.0 Å². The molecule has 6 rings (SSSR count). The van der Waals surface area contributed by atoms with Crippen molar-refractivity contribution in [1.29, 1.82) is 0 Å². The highest BCUT2D eigenvalue weighted by Crippen LogP contribution is 2.46. The second-order valence-electron chi connectivity index (χ2n) is 8.26. The zero-order valence-corrected chi connectivity index (χ0v) is 15.8. The van der Waals surface area contributed by atoms with Crippen LogP contribution < -0.4 is 0 Å². The molecule has 5 nitrogen and oxygen atoms in total. The van der Waals surface area contributed by atoms with Crippen LogP contribution in [0.15, 0.2) is 30.3 Å². The van der Waals surface area contributed by atoms with Crippen LogP contribution in [0.4, 0.5) is 4.39 Å². The molecule has 3 atom stereocenters. The molecular formula is C21H25FN4O. The Morgan fingerprint density at radius 2 is 1.85 bits per heavy atom. The quantitative estimate of drug-likeness (QED) is 0.818. The molecule has 0 unspecified atom stereocenters. The number of benzene rings is 1. The number of fused-ring (bicyclic) bond motifs is 2. The number of aromatic nitrogens is 2. The molecule has 1 aromatic carbocycles. The number of amides is 1. The molecule has 0 saturated carbocycles. The minimum Gasteiger partial charge on any atom is -0.332 e. The Morgan fingerprint density at radius 1 is 1.15 bits per heavy atom. The van der Waals surface area contributed by atoms with Crippen molar-refractivity contribution in [3.8, 4) is 0 Å². The number of rotatable bonds is 2. The average molecular weight is 368 g/mol. The number of aryl methyl sites for hydroxylation is 2. The Balaban J connectivity index is 1.53. The fourth-order valence-electron chi connectivity index (χ4n) is 5.62. The van der Waals surface area contributed by atoms with Crippen LogP contribution in [-0.2, 0) is 7.05 Å². The van der Waals surface area contributed by atoms with Crippen molar-refractivity contribution < 1.29 is 9.18 Å². The largest absolute Gasteiger partial charge is 0.332 e. The van der Waals surface area contributed by atoms with Gasteiger partial charge in [-0.2, -0.15) is 5.10 Å². The lowest BCUT2D eigenvalue weighted by atomic mass is 9.75. The van der Waals surface area contributed by atoms with E-state index in [2.05, 4.69) is 14.9 Å². The monoisotopic (exact) mass is 368 g/mol. The summed E-state index contributed by atoms with van der Waals surface area (Å²) in [5.74, 6) is 0.657. The molecule has 0 N–H and O–H groups in total. The Kier molecular flexibility index (Phi) is 3.86. The third kappa shape index (κ3) is 2.61. The van der Waals surface area contributed by atoms with Gasteiger partial charge in [0, 0.05) is 25.6 Å². The highest BCUT2D eigenvalue weighted by atomic mass is 19.1. The molecule has 4 fully saturated rings. The van der Waals surface area contributed by atoms with Crippen LogP contribution in [0, 0.1) is 18.7 Å². The van der Waals surface area contributed by atoms with Gasteiger partial charge < -0.3 is 4.90 Å². The fraction of sp³-hybridized carbons (Fsp3) is 0.524. The molecule has 6 heteroatoms. The van der Waals surface area contributed by atoms with Gasteiger partial charge in [0.15, 0.2) is 0 Å². The van der Waals surface area contributed by atoms with Gasteiger partial charge in [-0.05, 0) is 62.5 Å². The van der Waals surface area contributed by atoms with Crippen molar-refractivity contribution in [1.82, 2.24) is 19.6 Å². The summed E-state index contributed by atoms with van der Waals surface area (Å²) >= 11 is 0. The molecule has 4 aliphatic rings. The van der Waals surface area contributed by atoms with Gasteiger partial charge >= 0.3 is 0 Å². The molecule has 0 spiro atoms. The standard InChI is InChI=1S/C21H25FN4O/c1-13-11-18(24(2)23-13)21(27)26-12-17(14-3-5-16(22)6-4-14)20-19(26)15-7-9-25(20)10-8-15/h3-6,11,15,17,19-20H,7-10,12H2,1-2H3/t17-,19+,20+/m1/s1. The van der Waals surface area contributed by atoms with Crippen molar-refractivity contribution in [2.75, 3.05) is 19.6 Å². The summed E-state index contributed by atoms with van der Waals surface area (Å²) in [6.07, 6.45) is 2.32. The number of carbonyl (C=O) groups excluding carboxylic acids is 1. The van der Waals surface area contributed by atoms with Crippen molar-refractivity contribution >= 4 is 5.91 Å². The molecule has 4 saturated heterocycles. The van der Waals surface area contributed by atoms with Gasteiger partial charge in [0.05, 0.1) is 11.7 Å². The summed E-state index contributed by atoms with van der Waals surface area (Å²) in [5.41, 5.74) is 2.65. The first-order valence-electron chi connectivity index (χ1n) is 9.84. The zero-order valence-electron chi connectivity index (χ0n) is 15.8. The molecule has 5 heterocycles. The minimum atomic E-state index is -0.211. The van der Waals surface area contributed by atoms with E-state index < -0.39 is 0 Å². The number of nitrogens with zero attached hydrogens (tertiary/aromatic N) is 4. The fourth-order valence-corrected chi connectivity index (χ4v) is 5.62.